The molecule has 14 nitrogen and oxygen atoms in total. The highest BCUT2D eigenvalue weighted by Crippen LogP contribution is 2.26. The van der Waals surface area contributed by atoms with Gasteiger partial charge in [-0.05, 0) is 11.8 Å². The molecule has 5 heterocycles. The van der Waals surface area contributed by atoms with Crippen LogP contribution in [0, 0.1) is 11.8 Å². The number of anilines is 2. The predicted molar refractivity (Wildman–Crippen MR) is 145 cm³/mol. The number of nitrogens with one attached hydrogen (secondary N) is 2. The molecule has 0 bridgehead atoms. The summed E-state index contributed by atoms with van der Waals surface area (Å²) in [5.41, 5.74) is -0.401. The van der Waals surface area contributed by atoms with Crippen molar-refractivity contribution >= 4 is 34.2 Å². The molecule has 0 amide bonds. The number of hydrogen-bond acceptors (Lipinski definition) is 8. The van der Waals surface area contributed by atoms with E-state index in [0.29, 0.717) is 73.5 Å². The fourth-order valence-corrected chi connectivity index (χ4v) is 5.11. The van der Waals surface area contributed by atoms with Gasteiger partial charge >= 0.3 is 11.4 Å². The molecule has 0 aliphatic carbocycles. The van der Waals surface area contributed by atoms with Crippen LogP contribution in [-0.4, -0.2) is 64.4 Å². The SMILES string of the molecule is CC(C)Cn1c(N2CCN(c3nc4c(c(=O)[nH]c(=O)n4C)n3CC(C)C)CC2)nc2c1c(=O)[nH]c(=O)n2C. The summed E-state index contributed by atoms with van der Waals surface area (Å²) in [6.07, 6.45) is 0. The van der Waals surface area contributed by atoms with Gasteiger partial charge in [0.15, 0.2) is 22.3 Å². The van der Waals surface area contributed by atoms with E-state index in [-0.39, 0.29) is 11.8 Å². The molecule has 0 unspecified atom stereocenters. The standard InChI is InChI=1S/C24H34N10O4/c1-13(2)11-33-15-17(29(5)23(37)27-19(15)35)25-21(33)31-7-9-32(10-8-31)22-26-18-16(34(22)12-14(3)4)20(36)28-24(38)30(18)6/h13-14H,7-12H2,1-6H3,(H,27,35,37)(H,28,36,38). The zero-order chi connectivity index (χ0) is 27.5. The average molecular weight is 527 g/mol. The number of aromatic amines is 2. The van der Waals surface area contributed by atoms with Crippen LogP contribution in [0.1, 0.15) is 27.7 Å². The fraction of sp³-hybridized carbons (Fsp3) is 0.583. The summed E-state index contributed by atoms with van der Waals surface area (Å²) in [7, 11) is 3.20. The first-order chi connectivity index (χ1) is 18.0. The summed E-state index contributed by atoms with van der Waals surface area (Å²) in [6, 6.07) is 0. The Morgan fingerprint density at radius 1 is 0.658 bits per heavy atom. The van der Waals surface area contributed by atoms with Crippen LogP contribution in [0.4, 0.5) is 11.9 Å². The van der Waals surface area contributed by atoms with Crippen LogP contribution in [0.3, 0.4) is 0 Å². The largest absolute Gasteiger partial charge is 0.339 e. The number of imidazole rings is 2. The van der Waals surface area contributed by atoms with Crippen LogP contribution in [-0.2, 0) is 27.2 Å². The van der Waals surface area contributed by atoms with Gasteiger partial charge in [-0.15, -0.1) is 0 Å². The van der Waals surface area contributed by atoms with Crippen molar-refractivity contribution in [1.82, 2.24) is 38.2 Å². The number of fused-ring (bicyclic) bond motifs is 2. The van der Waals surface area contributed by atoms with E-state index in [1.54, 1.807) is 14.1 Å². The number of nitrogens with zero attached hydrogens (tertiary/aromatic N) is 8. The van der Waals surface area contributed by atoms with Crippen molar-refractivity contribution in [3.8, 4) is 0 Å². The second-order valence-corrected chi connectivity index (χ2v) is 10.8. The summed E-state index contributed by atoms with van der Waals surface area (Å²) < 4.78 is 6.53. The van der Waals surface area contributed by atoms with Gasteiger partial charge in [-0.1, -0.05) is 27.7 Å². The zero-order valence-electron chi connectivity index (χ0n) is 22.6. The molecule has 1 aliphatic heterocycles. The van der Waals surface area contributed by atoms with E-state index in [2.05, 4.69) is 47.5 Å². The number of hydrogen-bond donors (Lipinski definition) is 2. The molecule has 14 heteroatoms. The van der Waals surface area contributed by atoms with E-state index in [4.69, 9.17) is 9.97 Å². The van der Waals surface area contributed by atoms with Crippen molar-refractivity contribution in [2.24, 2.45) is 25.9 Å². The summed E-state index contributed by atoms with van der Waals surface area (Å²) in [4.78, 5) is 68.4. The first-order valence-corrected chi connectivity index (χ1v) is 12.9. The molecule has 5 rings (SSSR count). The lowest BCUT2D eigenvalue weighted by atomic mass is 10.2. The third-order valence-corrected chi connectivity index (χ3v) is 6.91. The van der Waals surface area contributed by atoms with Gasteiger partial charge in [0.2, 0.25) is 11.9 Å². The zero-order valence-corrected chi connectivity index (χ0v) is 22.6. The molecule has 0 radical (unpaired) electrons. The first-order valence-electron chi connectivity index (χ1n) is 12.9. The molecule has 0 aromatic carbocycles. The van der Waals surface area contributed by atoms with Gasteiger partial charge in [0.1, 0.15) is 0 Å². The minimum Gasteiger partial charge on any atom is -0.339 e. The number of rotatable bonds is 6. The van der Waals surface area contributed by atoms with Crippen LogP contribution in [0.5, 0.6) is 0 Å². The van der Waals surface area contributed by atoms with Gasteiger partial charge in [0, 0.05) is 53.4 Å². The molecule has 4 aromatic rings. The second-order valence-electron chi connectivity index (χ2n) is 10.8. The Balaban J connectivity index is 1.53. The highest BCUT2D eigenvalue weighted by molar-refractivity contribution is 5.75. The van der Waals surface area contributed by atoms with Crippen molar-refractivity contribution < 1.29 is 0 Å². The Kier molecular flexibility index (Phi) is 6.27. The van der Waals surface area contributed by atoms with E-state index < -0.39 is 22.5 Å². The minimum absolute atomic E-state index is 0.254. The number of H-pyrrole nitrogens is 2. The van der Waals surface area contributed by atoms with E-state index in [9.17, 15) is 19.2 Å². The highest BCUT2D eigenvalue weighted by Gasteiger charge is 2.28. The fourth-order valence-electron chi connectivity index (χ4n) is 5.11. The Labute approximate surface area is 217 Å². The van der Waals surface area contributed by atoms with E-state index >= 15 is 0 Å². The van der Waals surface area contributed by atoms with Crippen LogP contribution < -0.4 is 32.3 Å². The smallest absolute Gasteiger partial charge is 0.329 e. The molecule has 38 heavy (non-hydrogen) atoms. The topological polar surface area (TPSA) is 152 Å². The second kappa shape index (κ2) is 9.33. The summed E-state index contributed by atoms with van der Waals surface area (Å²) in [6.45, 7) is 11.8. The Bertz CT molecular complexity index is 1630. The van der Waals surface area contributed by atoms with Crippen molar-refractivity contribution in [2.45, 2.75) is 40.8 Å². The van der Waals surface area contributed by atoms with Gasteiger partial charge in [0.05, 0.1) is 0 Å². The van der Waals surface area contributed by atoms with Gasteiger partial charge < -0.3 is 18.9 Å². The van der Waals surface area contributed by atoms with Crippen LogP contribution >= 0.6 is 0 Å². The number of aryl methyl sites for hydroxylation is 2. The quantitative estimate of drug-likeness (QED) is 0.350. The average Bonchev–Trinajstić information content (AvgIpc) is 3.40. The van der Waals surface area contributed by atoms with E-state index in [1.807, 2.05) is 9.13 Å². The third kappa shape index (κ3) is 4.13. The maximum absolute atomic E-state index is 12.8. The molecule has 2 N–H and O–H groups in total. The van der Waals surface area contributed by atoms with Crippen molar-refractivity contribution in [3.63, 3.8) is 0 Å². The summed E-state index contributed by atoms with van der Waals surface area (Å²) in [5, 5.41) is 0. The van der Waals surface area contributed by atoms with Crippen LogP contribution in [0.2, 0.25) is 0 Å². The lowest BCUT2D eigenvalue weighted by molar-refractivity contribution is 0.510. The molecular weight excluding hydrogens is 492 g/mol. The van der Waals surface area contributed by atoms with Gasteiger partial charge in [-0.2, -0.15) is 9.97 Å². The van der Waals surface area contributed by atoms with Crippen molar-refractivity contribution in [1.29, 1.82) is 0 Å². The molecule has 4 aromatic heterocycles. The molecule has 1 aliphatic rings. The van der Waals surface area contributed by atoms with Crippen LogP contribution in [0.15, 0.2) is 19.2 Å². The third-order valence-electron chi connectivity index (χ3n) is 6.91. The summed E-state index contributed by atoms with van der Waals surface area (Å²) in [5.74, 6) is 1.80. The highest BCUT2D eigenvalue weighted by atomic mass is 16.2. The summed E-state index contributed by atoms with van der Waals surface area (Å²) >= 11 is 0. The predicted octanol–water partition coefficient (Wildman–Crippen LogP) is -0.201. The van der Waals surface area contributed by atoms with Crippen molar-refractivity contribution in [3.05, 3.63) is 41.7 Å². The van der Waals surface area contributed by atoms with Gasteiger partial charge in [-0.25, -0.2) is 9.59 Å². The van der Waals surface area contributed by atoms with Gasteiger partial charge in [-0.3, -0.25) is 28.7 Å². The monoisotopic (exact) mass is 526 g/mol. The lowest BCUT2D eigenvalue weighted by Gasteiger charge is -2.36. The van der Waals surface area contributed by atoms with Gasteiger partial charge in [0.25, 0.3) is 11.1 Å². The number of piperazine rings is 1. The molecule has 0 spiro atoms. The molecular formula is C24H34N10O4. The molecule has 204 valence electrons. The normalized spacial score (nSPS) is 14.6. The minimum atomic E-state index is -0.499. The van der Waals surface area contributed by atoms with E-state index in [0.717, 1.165) is 0 Å². The molecule has 1 saturated heterocycles. The molecule has 0 atom stereocenters. The number of aromatic nitrogens is 8. The van der Waals surface area contributed by atoms with Crippen LogP contribution in [0.25, 0.3) is 22.3 Å². The Hall–Kier alpha value is -4.10. The Morgan fingerprint density at radius 2 is 1.00 bits per heavy atom. The van der Waals surface area contributed by atoms with Crippen molar-refractivity contribution in [2.75, 3.05) is 36.0 Å². The maximum atomic E-state index is 12.8. The maximum Gasteiger partial charge on any atom is 0.329 e. The first kappa shape index (κ1) is 25.5. The van der Waals surface area contributed by atoms with E-state index in [1.165, 1.54) is 9.13 Å². The molecule has 1 fully saturated rings. The Morgan fingerprint density at radius 3 is 1.32 bits per heavy atom. The lowest BCUT2D eigenvalue weighted by Crippen LogP contribution is -2.48. The molecule has 0 saturated carbocycles.